The van der Waals surface area contributed by atoms with Crippen LogP contribution in [-0.4, -0.2) is 149 Å². The fourth-order valence-corrected chi connectivity index (χ4v) is 11.7. The second-order valence-corrected chi connectivity index (χ2v) is 19.3. The Balaban J connectivity index is 1.09. The first-order valence-corrected chi connectivity index (χ1v) is 22.6. The van der Waals surface area contributed by atoms with Crippen molar-refractivity contribution in [1.82, 2.24) is 5.32 Å². The summed E-state index contributed by atoms with van der Waals surface area (Å²) < 4.78 is 55.0. The van der Waals surface area contributed by atoms with Gasteiger partial charge in [-0.05, 0) is 76.2 Å². The van der Waals surface area contributed by atoms with Crippen molar-refractivity contribution >= 4 is 17.4 Å². The number of amides is 1. The number of carbonyl (C=O) groups excluding carboxylic acids is 2. The van der Waals surface area contributed by atoms with Crippen LogP contribution < -0.4 is 5.32 Å². The molecule has 9 heterocycles. The summed E-state index contributed by atoms with van der Waals surface area (Å²) in [4.78, 5) is 32.4. The number of aliphatic imine (C=N–C) groups is 1. The van der Waals surface area contributed by atoms with Crippen LogP contribution in [0.1, 0.15) is 117 Å². The molecule has 17 atom stereocenters. The summed E-state index contributed by atoms with van der Waals surface area (Å²) in [5.74, 6) is -1.93. The van der Waals surface area contributed by atoms with Crippen LogP contribution in [0.4, 0.5) is 0 Å². The molecule has 7 fully saturated rings. The monoisotopic (exact) mass is 830 g/mol. The molecule has 0 unspecified atom stereocenters. The predicted octanol–water partition coefficient (Wildman–Crippen LogP) is 2.97. The SMILES string of the molecule is C=C1C[C@@H]2CC[C@@]3(CCO)O[C@@H](C)[C@H]4C[C@@H](O3)[C@]35N=C6[C@H](C)C[C@H](CC[C@@H]1O2)O[C@@H]6C[C@@H]1O[C@H](C[C@H](O)CNC(=O)C2(O)CC2)[C@H](OC)[C@H]1CC(=O)C[C@@H](CC[C@@H]3O4)O5. The van der Waals surface area contributed by atoms with Gasteiger partial charge in [0, 0.05) is 76.8 Å². The summed E-state index contributed by atoms with van der Waals surface area (Å²) in [7, 11) is 1.61. The number of methoxy groups -OCH3 is 1. The number of Topliss-reactive ketones (excluding diaryl/α,β-unsaturated/α-hetero) is 1. The Hall–Kier alpha value is -1.89. The number of aliphatic hydroxyl groups is 3. The lowest BCUT2D eigenvalue weighted by Gasteiger charge is -2.53. The van der Waals surface area contributed by atoms with Gasteiger partial charge in [-0.1, -0.05) is 13.5 Å². The van der Waals surface area contributed by atoms with Gasteiger partial charge in [0.2, 0.25) is 5.72 Å². The molecule has 1 saturated carbocycles. The van der Waals surface area contributed by atoms with Crippen LogP contribution in [0.5, 0.6) is 0 Å². The maximum atomic E-state index is 14.3. The highest BCUT2D eigenvalue weighted by Crippen LogP contribution is 2.51. The number of ether oxygens (including phenoxy) is 8. The molecule has 4 N–H and O–H groups in total. The van der Waals surface area contributed by atoms with Crippen LogP contribution in [0.3, 0.4) is 0 Å². The molecule has 10 bridgehead atoms. The van der Waals surface area contributed by atoms with E-state index in [9.17, 15) is 24.9 Å². The van der Waals surface area contributed by atoms with Gasteiger partial charge < -0.3 is 58.5 Å². The van der Waals surface area contributed by atoms with E-state index in [4.69, 9.17) is 42.9 Å². The van der Waals surface area contributed by atoms with E-state index in [1.165, 1.54) is 0 Å². The number of fused-ring (bicyclic) bond motifs is 6. The minimum atomic E-state index is -1.34. The number of nitrogens with zero attached hydrogens (tertiary/aromatic N) is 1. The van der Waals surface area contributed by atoms with Gasteiger partial charge in [0.25, 0.3) is 5.91 Å². The van der Waals surface area contributed by atoms with Gasteiger partial charge in [-0.2, -0.15) is 0 Å². The van der Waals surface area contributed by atoms with Crippen molar-refractivity contribution < 1.29 is 62.8 Å². The molecule has 59 heavy (non-hydrogen) atoms. The highest BCUT2D eigenvalue weighted by Gasteiger charge is 2.62. The number of hydrogen-bond donors (Lipinski definition) is 4. The van der Waals surface area contributed by atoms with Gasteiger partial charge in [-0.15, -0.1) is 0 Å². The van der Waals surface area contributed by atoms with E-state index < -0.39 is 71.9 Å². The Labute approximate surface area is 347 Å². The zero-order valence-corrected chi connectivity index (χ0v) is 35.0. The minimum absolute atomic E-state index is 0.00265. The van der Waals surface area contributed by atoms with Gasteiger partial charge in [-0.3, -0.25) is 14.6 Å². The topological polar surface area (TPSA) is 193 Å². The molecule has 0 aromatic rings. The van der Waals surface area contributed by atoms with Crippen LogP contribution in [0, 0.1) is 11.8 Å². The van der Waals surface area contributed by atoms with Crippen LogP contribution in [0.15, 0.2) is 17.1 Å². The Kier molecular flexibility index (Phi) is 12.0. The molecule has 0 aromatic carbocycles. The van der Waals surface area contributed by atoms with Crippen LogP contribution in [-0.2, 0) is 47.5 Å². The van der Waals surface area contributed by atoms with Crippen molar-refractivity contribution in [3.63, 3.8) is 0 Å². The molecule has 15 nitrogen and oxygen atoms in total. The lowest BCUT2D eigenvalue weighted by atomic mass is 9.79. The first-order valence-electron chi connectivity index (χ1n) is 22.6. The van der Waals surface area contributed by atoms with Crippen molar-refractivity contribution in [3.05, 3.63) is 12.2 Å². The van der Waals surface area contributed by atoms with E-state index >= 15 is 0 Å². The molecular weight excluding hydrogens is 764 g/mol. The molecule has 1 spiro atoms. The van der Waals surface area contributed by atoms with Gasteiger partial charge in [0.05, 0.1) is 67.1 Å². The van der Waals surface area contributed by atoms with E-state index in [0.29, 0.717) is 51.4 Å². The summed E-state index contributed by atoms with van der Waals surface area (Å²) in [5.41, 5.74) is -0.701. The summed E-state index contributed by atoms with van der Waals surface area (Å²) in [6, 6.07) is 0. The normalized spacial score (nSPS) is 47.2. The van der Waals surface area contributed by atoms with Crippen LogP contribution in [0.2, 0.25) is 0 Å². The Bertz CT molecular complexity index is 1620. The number of ketones is 1. The largest absolute Gasteiger partial charge is 0.396 e. The molecule has 15 heteroatoms. The van der Waals surface area contributed by atoms with Crippen molar-refractivity contribution in [2.24, 2.45) is 16.8 Å². The number of rotatable bonds is 8. The molecule has 0 radical (unpaired) electrons. The first kappa shape index (κ1) is 42.4. The summed E-state index contributed by atoms with van der Waals surface area (Å²) in [6.45, 7) is 8.46. The summed E-state index contributed by atoms with van der Waals surface area (Å²) >= 11 is 0. The number of nitrogens with one attached hydrogen (secondary N) is 1. The standard InChI is InChI=1S/C44H66N2O13/c1-23-15-29-9-10-43(13-14-47)57-25(3)33-21-38(59-43)44-37(56-33)8-6-30(58-44)17-26(48)18-31-34(20-35-39(46-44)24(2)16-28(54-35)5-7-32(23)53-29)55-36(40(31)52-4)19-27(49)22-45-41(50)42(51)11-12-42/h24-25,27-38,40,47,49,51H,1,5-22H2,2-4H3,(H,45,50)/t24-,25+,27+,28+,29+,30-,31+,32+,33-,34+,35-,36-,37+,38-,40-,43-,44+/m1/s1. The number of hydrogen-bond acceptors (Lipinski definition) is 14. The van der Waals surface area contributed by atoms with Gasteiger partial charge in [0.1, 0.15) is 23.6 Å². The van der Waals surface area contributed by atoms with Crippen LogP contribution in [0.25, 0.3) is 0 Å². The zero-order valence-electron chi connectivity index (χ0n) is 35.0. The summed E-state index contributed by atoms with van der Waals surface area (Å²) in [5, 5.41) is 34.5. The molecular formula is C44H66N2O13. The maximum absolute atomic E-state index is 14.3. The van der Waals surface area contributed by atoms with Gasteiger partial charge in [0.15, 0.2) is 5.79 Å². The molecule has 10 rings (SSSR count). The molecule has 6 saturated heterocycles. The fourth-order valence-electron chi connectivity index (χ4n) is 11.7. The second-order valence-electron chi connectivity index (χ2n) is 19.3. The van der Waals surface area contributed by atoms with Crippen molar-refractivity contribution in [2.45, 2.75) is 213 Å². The van der Waals surface area contributed by atoms with E-state index in [2.05, 4.69) is 18.8 Å². The second kappa shape index (κ2) is 16.7. The molecule has 0 aromatic heterocycles. The van der Waals surface area contributed by atoms with Crippen molar-refractivity contribution in [2.75, 3.05) is 20.3 Å². The van der Waals surface area contributed by atoms with Crippen LogP contribution >= 0.6 is 0 Å². The highest BCUT2D eigenvalue weighted by molar-refractivity contribution is 5.92. The first-order chi connectivity index (χ1) is 28.3. The van der Waals surface area contributed by atoms with E-state index in [0.717, 1.165) is 37.0 Å². The zero-order chi connectivity index (χ0) is 41.3. The predicted molar refractivity (Wildman–Crippen MR) is 210 cm³/mol. The summed E-state index contributed by atoms with van der Waals surface area (Å²) in [6.07, 6.45) is 2.57. The molecule has 330 valence electrons. The number of carbonyl (C=O) groups is 2. The fraction of sp³-hybridized carbons (Fsp3) is 0.886. The molecule has 1 aliphatic carbocycles. The number of aliphatic hydroxyl groups excluding tert-OH is 2. The Morgan fingerprint density at radius 1 is 0.898 bits per heavy atom. The average molecular weight is 831 g/mol. The lowest BCUT2D eigenvalue weighted by Crippen LogP contribution is -2.65. The van der Waals surface area contributed by atoms with E-state index in [-0.39, 0.29) is 87.0 Å². The maximum Gasteiger partial charge on any atom is 0.252 e. The van der Waals surface area contributed by atoms with E-state index in [1.54, 1.807) is 7.11 Å². The van der Waals surface area contributed by atoms with Crippen molar-refractivity contribution in [3.8, 4) is 0 Å². The molecule has 1 amide bonds. The smallest absolute Gasteiger partial charge is 0.252 e. The van der Waals surface area contributed by atoms with Gasteiger partial charge >= 0.3 is 0 Å². The third-order valence-electron chi connectivity index (χ3n) is 15.0. The van der Waals surface area contributed by atoms with E-state index in [1.807, 2.05) is 6.92 Å². The third kappa shape index (κ3) is 8.37. The lowest BCUT2D eigenvalue weighted by molar-refractivity contribution is -0.320. The Morgan fingerprint density at radius 3 is 2.47 bits per heavy atom. The third-order valence-corrected chi connectivity index (χ3v) is 15.0. The molecule has 9 aliphatic heterocycles. The van der Waals surface area contributed by atoms with Gasteiger partial charge in [-0.25, -0.2) is 0 Å². The van der Waals surface area contributed by atoms with Crippen molar-refractivity contribution in [1.29, 1.82) is 0 Å². The average Bonchev–Trinajstić information content (AvgIpc) is 3.77. The molecule has 10 aliphatic rings. The Morgan fingerprint density at radius 2 is 1.69 bits per heavy atom. The minimum Gasteiger partial charge on any atom is -0.396 e. The highest BCUT2D eigenvalue weighted by atomic mass is 16.7. The quantitative estimate of drug-likeness (QED) is 0.262.